The molecule has 10 heteroatoms. The fourth-order valence-corrected chi connectivity index (χ4v) is 7.71. The van der Waals surface area contributed by atoms with Crippen molar-refractivity contribution in [3.63, 3.8) is 0 Å². The van der Waals surface area contributed by atoms with Crippen LogP contribution in [-0.2, 0) is 25.7 Å². The lowest BCUT2D eigenvalue weighted by Gasteiger charge is -2.23. The van der Waals surface area contributed by atoms with Crippen molar-refractivity contribution in [3.8, 4) is 23.0 Å². The van der Waals surface area contributed by atoms with Crippen LogP contribution in [-0.4, -0.2) is 36.3 Å². The summed E-state index contributed by atoms with van der Waals surface area (Å²) in [6.45, 7) is 10.6. The van der Waals surface area contributed by atoms with Crippen molar-refractivity contribution >= 4 is 11.4 Å². The van der Waals surface area contributed by atoms with Gasteiger partial charge < -0.3 is 18.9 Å². The van der Waals surface area contributed by atoms with Crippen molar-refractivity contribution in [2.45, 2.75) is 130 Å². The van der Waals surface area contributed by atoms with E-state index in [4.69, 9.17) is 18.9 Å². The van der Waals surface area contributed by atoms with E-state index >= 15 is 0 Å². The van der Waals surface area contributed by atoms with E-state index in [1.54, 1.807) is 24.3 Å². The molecule has 0 spiro atoms. The highest BCUT2D eigenvalue weighted by atomic mass is 16.6. The molecule has 1 aliphatic rings. The lowest BCUT2D eigenvalue weighted by Crippen LogP contribution is -2.11. The number of nitro benzene ring substituents is 2. The van der Waals surface area contributed by atoms with Gasteiger partial charge in [0.1, 0.15) is 23.0 Å². The van der Waals surface area contributed by atoms with Gasteiger partial charge in [-0.15, -0.1) is 0 Å². The van der Waals surface area contributed by atoms with Gasteiger partial charge in [-0.1, -0.05) is 115 Å². The lowest BCUT2D eigenvalue weighted by atomic mass is 9.90. The van der Waals surface area contributed by atoms with E-state index in [1.165, 1.54) is 0 Å². The van der Waals surface area contributed by atoms with Crippen LogP contribution in [0.4, 0.5) is 11.4 Å². The van der Waals surface area contributed by atoms with Crippen molar-refractivity contribution in [3.05, 3.63) is 125 Å². The summed E-state index contributed by atoms with van der Waals surface area (Å²) in [5.74, 6) is 2.69. The Kier molecular flexibility index (Phi) is 17.2. The summed E-state index contributed by atoms with van der Waals surface area (Å²) in [6, 6.07) is 18.5. The SMILES string of the molecule is CCCCCOc1c2cccc1Cc1cc([N+](=O)[O-])cc(c1OCCCCC)Cc1cccc(c1OCCCCC)Cc1cc([N+](=O)[O-])cc(c1OCCCCC)C2. The Morgan fingerprint density at radius 1 is 0.414 bits per heavy atom. The number of unbranched alkanes of at least 4 members (excludes halogenated alkanes) is 8. The number of fused-ring (bicyclic) bond motifs is 8. The Hall–Kier alpha value is -5.12. The second kappa shape index (κ2) is 22.7. The van der Waals surface area contributed by atoms with Gasteiger partial charge in [0, 0.05) is 72.2 Å². The number of hydrogen-bond acceptors (Lipinski definition) is 8. The number of nitrogens with zero attached hydrogens (tertiary/aromatic N) is 2. The van der Waals surface area contributed by atoms with Crippen molar-refractivity contribution in [1.82, 2.24) is 0 Å². The third-order valence-corrected chi connectivity index (χ3v) is 10.7. The zero-order valence-electron chi connectivity index (χ0n) is 35.1. The van der Waals surface area contributed by atoms with Gasteiger partial charge in [-0.05, 0) is 47.9 Å². The molecule has 4 aromatic carbocycles. The van der Waals surface area contributed by atoms with E-state index in [0.717, 1.165) is 99.3 Å². The minimum absolute atomic E-state index is 0.00214. The van der Waals surface area contributed by atoms with Crippen molar-refractivity contribution in [2.75, 3.05) is 26.4 Å². The molecule has 0 heterocycles. The highest BCUT2D eigenvalue weighted by Crippen LogP contribution is 2.41. The van der Waals surface area contributed by atoms with Gasteiger partial charge in [-0.3, -0.25) is 20.2 Å². The van der Waals surface area contributed by atoms with E-state index in [9.17, 15) is 20.2 Å². The Morgan fingerprint density at radius 3 is 0.879 bits per heavy atom. The quantitative estimate of drug-likeness (QED) is 0.0385. The standard InChI is InChI=1S/C48H62N2O8/c1-5-9-13-23-55-45-35-19-17-20-36(45)28-40-32-44(50(53)54)34-42(48(40)58-26-16-12-8-4)30-38-22-18-21-37(46(38)56-24-14-10-6-2)29-41-33-43(49(51)52)31-39(27-35)47(41)57-25-15-11-7-3/h17-22,31-34H,5-16,23-30H2,1-4H3. The van der Waals surface area contributed by atoms with Crippen LogP contribution in [0.5, 0.6) is 23.0 Å². The first-order valence-electron chi connectivity index (χ1n) is 21.6. The van der Waals surface area contributed by atoms with Crippen LogP contribution in [0, 0.1) is 20.2 Å². The zero-order valence-corrected chi connectivity index (χ0v) is 35.1. The first-order valence-corrected chi connectivity index (χ1v) is 21.6. The van der Waals surface area contributed by atoms with Gasteiger partial charge in [-0.25, -0.2) is 0 Å². The maximum atomic E-state index is 12.6. The predicted molar refractivity (Wildman–Crippen MR) is 230 cm³/mol. The fraction of sp³-hybridized carbons (Fsp3) is 0.500. The maximum Gasteiger partial charge on any atom is 0.270 e. The molecule has 0 fully saturated rings. The Balaban J connectivity index is 1.80. The van der Waals surface area contributed by atoms with Crippen molar-refractivity contribution < 1.29 is 28.8 Å². The number of benzene rings is 4. The van der Waals surface area contributed by atoms with E-state index in [0.29, 0.717) is 97.4 Å². The first-order chi connectivity index (χ1) is 28.3. The van der Waals surface area contributed by atoms with Crippen LogP contribution in [0.25, 0.3) is 0 Å². The summed E-state index contributed by atoms with van der Waals surface area (Å²) in [4.78, 5) is 24.5. The molecule has 8 bridgehead atoms. The summed E-state index contributed by atoms with van der Waals surface area (Å²) in [6.07, 6.45) is 13.0. The molecule has 0 N–H and O–H groups in total. The monoisotopic (exact) mass is 794 g/mol. The molecule has 0 radical (unpaired) electrons. The Morgan fingerprint density at radius 2 is 0.655 bits per heavy atom. The number of para-hydroxylation sites is 2. The molecular weight excluding hydrogens is 733 g/mol. The minimum atomic E-state index is -0.329. The number of rotatable bonds is 22. The molecule has 1 aliphatic carbocycles. The molecule has 0 unspecified atom stereocenters. The van der Waals surface area contributed by atoms with E-state index in [-0.39, 0.29) is 21.2 Å². The molecule has 0 aliphatic heterocycles. The van der Waals surface area contributed by atoms with Crippen LogP contribution in [0.1, 0.15) is 149 Å². The van der Waals surface area contributed by atoms with Crippen molar-refractivity contribution in [1.29, 1.82) is 0 Å². The third-order valence-electron chi connectivity index (χ3n) is 10.7. The van der Waals surface area contributed by atoms with E-state index < -0.39 is 0 Å². The number of hydrogen-bond donors (Lipinski definition) is 0. The van der Waals surface area contributed by atoms with Crippen LogP contribution in [0.15, 0.2) is 60.7 Å². The molecule has 0 atom stereocenters. The fourth-order valence-electron chi connectivity index (χ4n) is 7.71. The van der Waals surface area contributed by atoms with E-state index in [2.05, 4.69) is 27.7 Å². The average molecular weight is 795 g/mol. The molecule has 5 rings (SSSR count). The molecule has 0 saturated heterocycles. The molecule has 58 heavy (non-hydrogen) atoms. The summed E-state index contributed by atoms with van der Waals surface area (Å²) in [7, 11) is 0. The van der Waals surface area contributed by atoms with Crippen LogP contribution < -0.4 is 18.9 Å². The average Bonchev–Trinajstić information content (AvgIpc) is 3.20. The first kappa shape index (κ1) is 44.0. The minimum Gasteiger partial charge on any atom is -0.493 e. The number of nitro groups is 2. The topological polar surface area (TPSA) is 123 Å². The normalized spacial score (nSPS) is 12.2. The lowest BCUT2D eigenvalue weighted by molar-refractivity contribution is -0.385. The molecule has 0 amide bonds. The molecule has 10 nitrogen and oxygen atoms in total. The van der Waals surface area contributed by atoms with Crippen molar-refractivity contribution in [2.24, 2.45) is 0 Å². The van der Waals surface area contributed by atoms with Gasteiger partial charge in [0.2, 0.25) is 0 Å². The number of ether oxygens (including phenoxy) is 4. The summed E-state index contributed by atoms with van der Waals surface area (Å²) < 4.78 is 26.6. The van der Waals surface area contributed by atoms with Gasteiger partial charge in [-0.2, -0.15) is 0 Å². The summed E-state index contributed by atoms with van der Waals surface area (Å²) >= 11 is 0. The summed E-state index contributed by atoms with van der Waals surface area (Å²) in [5, 5.41) is 25.1. The Labute approximate surface area is 344 Å². The van der Waals surface area contributed by atoms with Gasteiger partial charge in [0.15, 0.2) is 0 Å². The van der Waals surface area contributed by atoms with Crippen LogP contribution >= 0.6 is 0 Å². The van der Waals surface area contributed by atoms with E-state index in [1.807, 2.05) is 36.4 Å². The molecular formula is C48H62N2O8. The van der Waals surface area contributed by atoms with Crippen LogP contribution in [0.2, 0.25) is 0 Å². The highest BCUT2D eigenvalue weighted by molar-refractivity contribution is 5.60. The number of non-ortho nitro benzene ring substituents is 2. The molecule has 0 saturated carbocycles. The second-order valence-corrected chi connectivity index (χ2v) is 15.4. The summed E-state index contributed by atoms with van der Waals surface area (Å²) in [5.41, 5.74) is 6.31. The smallest absolute Gasteiger partial charge is 0.270 e. The Bertz CT molecular complexity index is 1740. The van der Waals surface area contributed by atoms with Crippen LogP contribution in [0.3, 0.4) is 0 Å². The molecule has 312 valence electrons. The van der Waals surface area contributed by atoms with Gasteiger partial charge >= 0.3 is 0 Å². The molecule has 4 aromatic rings. The highest BCUT2D eigenvalue weighted by Gasteiger charge is 2.26. The van der Waals surface area contributed by atoms with Gasteiger partial charge in [0.25, 0.3) is 11.4 Å². The van der Waals surface area contributed by atoms with Gasteiger partial charge in [0.05, 0.1) is 36.3 Å². The second-order valence-electron chi connectivity index (χ2n) is 15.4. The third kappa shape index (κ3) is 12.0. The maximum absolute atomic E-state index is 12.6. The largest absolute Gasteiger partial charge is 0.493 e. The predicted octanol–water partition coefficient (Wildman–Crippen LogP) is 12.5. The zero-order chi connectivity index (χ0) is 41.3. The molecule has 0 aromatic heterocycles.